The number of halogens is 4. The zero-order chi connectivity index (χ0) is 15.6. The number of benzene rings is 1. The van der Waals surface area contributed by atoms with E-state index in [1.54, 1.807) is 0 Å². The minimum Gasteiger partial charge on any atom is -0.382 e. The predicted molar refractivity (Wildman–Crippen MR) is 77.7 cm³/mol. The van der Waals surface area contributed by atoms with Gasteiger partial charge in [0.1, 0.15) is 0 Å². The fraction of sp³-hybridized carbons (Fsp3) is 0.600. The molecule has 2 atom stereocenters. The molecule has 6 heteroatoms. The molecule has 1 aliphatic heterocycles. The molecule has 1 aromatic rings. The first-order valence-corrected chi connectivity index (χ1v) is 7.40. The van der Waals surface area contributed by atoms with Gasteiger partial charge < -0.3 is 10.1 Å². The van der Waals surface area contributed by atoms with Gasteiger partial charge in [-0.2, -0.15) is 13.2 Å². The lowest BCUT2D eigenvalue weighted by Crippen LogP contribution is -2.37. The first-order valence-electron chi connectivity index (χ1n) is 7.02. The first kappa shape index (κ1) is 16.4. The molecule has 0 radical (unpaired) electrons. The molecule has 2 unspecified atom stereocenters. The van der Waals surface area contributed by atoms with Crippen LogP contribution in [-0.4, -0.2) is 18.8 Å². The van der Waals surface area contributed by atoms with Crippen LogP contribution >= 0.6 is 11.6 Å². The average molecular weight is 322 g/mol. The van der Waals surface area contributed by atoms with Crippen LogP contribution in [0.3, 0.4) is 0 Å². The Morgan fingerprint density at radius 3 is 2.67 bits per heavy atom. The molecule has 2 nitrogen and oxygen atoms in total. The summed E-state index contributed by atoms with van der Waals surface area (Å²) in [6, 6.07) is 3.81. The monoisotopic (exact) mass is 321 g/mol. The molecule has 1 fully saturated rings. The number of alkyl halides is 3. The standard InChI is InChI=1S/C15H19ClF3NO/c1-9(2)14-8-11(5-6-21-14)20-13-4-3-10(16)7-12(13)15(17,18)19/h3-4,7,9,11,14,20H,5-6,8H2,1-2H3. The second kappa shape index (κ2) is 6.44. The van der Waals surface area contributed by atoms with Crippen molar-refractivity contribution >= 4 is 17.3 Å². The molecule has 0 spiro atoms. The second-order valence-electron chi connectivity index (χ2n) is 5.71. The lowest BCUT2D eigenvalue weighted by molar-refractivity contribution is -0.137. The fourth-order valence-corrected chi connectivity index (χ4v) is 2.69. The SMILES string of the molecule is CC(C)C1CC(Nc2ccc(Cl)cc2C(F)(F)F)CCO1. The van der Waals surface area contributed by atoms with Crippen LogP contribution in [0.15, 0.2) is 18.2 Å². The van der Waals surface area contributed by atoms with Gasteiger partial charge in [-0.25, -0.2) is 0 Å². The zero-order valence-corrected chi connectivity index (χ0v) is 12.8. The third kappa shape index (κ3) is 4.27. The van der Waals surface area contributed by atoms with Crippen molar-refractivity contribution in [2.75, 3.05) is 11.9 Å². The Bertz CT molecular complexity index is 490. The highest BCUT2D eigenvalue weighted by atomic mass is 35.5. The van der Waals surface area contributed by atoms with Crippen molar-refractivity contribution in [3.63, 3.8) is 0 Å². The van der Waals surface area contributed by atoms with Gasteiger partial charge in [0.05, 0.1) is 11.7 Å². The molecular formula is C15H19ClF3NO. The van der Waals surface area contributed by atoms with Crippen LogP contribution in [-0.2, 0) is 10.9 Å². The van der Waals surface area contributed by atoms with Crippen molar-refractivity contribution in [2.24, 2.45) is 5.92 Å². The van der Waals surface area contributed by atoms with E-state index in [0.717, 1.165) is 6.07 Å². The van der Waals surface area contributed by atoms with Gasteiger partial charge in [0.25, 0.3) is 0 Å². The Kier molecular flexibility index (Phi) is 5.04. The molecular weight excluding hydrogens is 303 g/mol. The number of hydrogen-bond donors (Lipinski definition) is 1. The van der Waals surface area contributed by atoms with Crippen LogP contribution in [0.1, 0.15) is 32.3 Å². The summed E-state index contributed by atoms with van der Waals surface area (Å²) in [5, 5.41) is 3.09. The van der Waals surface area contributed by atoms with Gasteiger partial charge in [-0.1, -0.05) is 25.4 Å². The minimum absolute atomic E-state index is 0.0200. The van der Waals surface area contributed by atoms with Crippen LogP contribution in [0.5, 0.6) is 0 Å². The highest BCUT2D eigenvalue weighted by Crippen LogP contribution is 2.37. The number of nitrogens with one attached hydrogen (secondary N) is 1. The summed E-state index contributed by atoms with van der Waals surface area (Å²) in [6.45, 7) is 4.67. The van der Waals surface area contributed by atoms with Crippen LogP contribution < -0.4 is 5.32 Å². The van der Waals surface area contributed by atoms with Crippen molar-refractivity contribution in [1.29, 1.82) is 0 Å². The fourth-order valence-electron chi connectivity index (χ4n) is 2.52. The molecule has 21 heavy (non-hydrogen) atoms. The van der Waals surface area contributed by atoms with Crippen molar-refractivity contribution in [3.05, 3.63) is 28.8 Å². The van der Waals surface area contributed by atoms with E-state index in [9.17, 15) is 13.2 Å². The van der Waals surface area contributed by atoms with Gasteiger partial charge in [-0.05, 0) is 37.0 Å². The van der Waals surface area contributed by atoms with Gasteiger partial charge in [0.2, 0.25) is 0 Å². The summed E-state index contributed by atoms with van der Waals surface area (Å²) >= 11 is 5.68. The van der Waals surface area contributed by atoms with Gasteiger partial charge in [-0.3, -0.25) is 0 Å². The molecule has 0 bridgehead atoms. The van der Waals surface area contributed by atoms with E-state index in [1.807, 2.05) is 0 Å². The minimum atomic E-state index is -4.42. The summed E-state index contributed by atoms with van der Waals surface area (Å²) in [7, 11) is 0. The Morgan fingerprint density at radius 1 is 1.33 bits per heavy atom. The molecule has 1 saturated heterocycles. The maximum Gasteiger partial charge on any atom is 0.418 e. The average Bonchev–Trinajstić information content (AvgIpc) is 2.40. The van der Waals surface area contributed by atoms with E-state index in [4.69, 9.17) is 16.3 Å². The van der Waals surface area contributed by atoms with E-state index in [1.165, 1.54) is 12.1 Å². The second-order valence-corrected chi connectivity index (χ2v) is 6.14. The zero-order valence-electron chi connectivity index (χ0n) is 12.0. The van der Waals surface area contributed by atoms with E-state index in [-0.39, 0.29) is 22.9 Å². The lowest BCUT2D eigenvalue weighted by atomic mass is 9.95. The van der Waals surface area contributed by atoms with Crippen molar-refractivity contribution in [1.82, 2.24) is 0 Å². The molecule has 118 valence electrons. The Hall–Kier alpha value is -0.940. The smallest absolute Gasteiger partial charge is 0.382 e. The molecule has 2 rings (SSSR count). The van der Waals surface area contributed by atoms with Crippen LogP contribution in [0, 0.1) is 5.92 Å². The summed E-state index contributed by atoms with van der Waals surface area (Å²) in [5.74, 6) is 0.349. The van der Waals surface area contributed by atoms with Crippen LogP contribution in [0.2, 0.25) is 5.02 Å². The van der Waals surface area contributed by atoms with Gasteiger partial charge >= 0.3 is 6.18 Å². The largest absolute Gasteiger partial charge is 0.418 e. The van der Waals surface area contributed by atoms with Crippen molar-refractivity contribution in [3.8, 4) is 0 Å². The maximum atomic E-state index is 13.1. The Morgan fingerprint density at radius 2 is 2.05 bits per heavy atom. The molecule has 1 N–H and O–H groups in total. The molecule has 0 aromatic heterocycles. The third-order valence-electron chi connectivity index (χ3n) is 3.71. The summed E-state index contributed by atoms with van der Waals surface area (Å²) in [5.41, 5.74) is -0.635. The third-order valence-corrected chi connectivity index (χ3v) is 3.94. The molecule has 1 aromatic carbocycles. The molecule has 1 heterocycles. The number of hydrogen-bond acceptors (Lipinski definition) is 2. The molecule has 0 aliphatic carbocycles. The number of anilines is 1. The predicted octanol–water partition coefficient (Wildman–Crippen LogP) is 4.97. The maximum absolute atomic E-state index is 13.1. The molecule has 1 aliphatic rings. The lowest BCUT2D eigenvalue weighted by Gasteiger charge is -2.33. The quantitative estimate of drug-likeness (QED) is 0.848. The van der Waals surface area contributed by atoms with E-state index >= 15 is 0 Å². The van der Waals surface area contributed by atoms with Gasteiger partial charge in [0.15, 0.2) is 0 Å². The Labute approximate surface area is 127 Å². The summed E-state index contributed by atoms with van der Waals surface area (Å²) in [6.07, 6.45) is -2.94. The van der Waals surface area contributed by atoms with E-state index in [0.29, 0.717) is 25.4 Å². The highest BCUT2D eigenvalue weighted by molar-refractivity contribution is 6.30. The highest BCUT2D eigenvalue weighted by Gasteiger charge is 2.35. The van der Waals surface area contributed by atoms with Gasteiger partial charge in [0, 0.05) is 23.4 Å². The van der Waals surface area contributed by atoms with E-state index in [2.05, 4.69) is 19.2 Å². The molecule has 0 saturated carbocycles. The van der Waals surface area contributed by atoms with Crippen molar-refractivity contribution < 1.29 is 17.9 Å². The molecule has 0 amide bonds. The van der Waals surface area contributed by atoms with Gasteiger partial charge in [-0.15, -0.1) is 0 Å². The first-order chi connectivity index (χ1) is 9.77. The van der Waals surface area contributed by atoms with E-state index < -0.39 is 11.7 Å². The van der Waals surface area contributed by atoms with Crippen LogP contribution in [0.25, 0.3) is 0 Å². The van der Waals surface area contributed by atoms with Crippen LogP contribution in [0.4, 0.5) is 18.9 Å². The van der Waals surface area contributed by atoms with Crippen molar-refractivity contribution in [2.45, 2.75) is 45.0 Å². The number of ether oxygens (including phenoxy) is 1. The summed E-state index contributed by atoms with van der Waals surface area (Å²) in [4.78, 5) is 0. The normalized spacial score (nSPS) is 23.4. The number of rotatable bonds is 3. The topological polar surface area (TPSA) is 21.3 Å². The summed E-state index contributed by atoms with van der Waals surface area (Å²) < 4.78 is 44.8. The Balaban J connectivity index is 2.16.